The second-order valence-corrected chi connectivity index (χ2v) is 8.38. The van der Waals surface area contributed by atoms with Gasteiger partial charge in [0.2, 0.25) is 0 Å². The standard InChI is InChI=1S/C12H24N2.C4HF9O3S/c1-3-4-5-6-7-8-9-14-11-10-13(2)12-14;5-1(6,3(9,10)11)2(7,8)4(12,13)17(14,15)16/h10-11H,3-9,12H2,1-2H3;(H,14,15,16). The number of hydrogen-bond donors (Lipinski definition) is 1. The average molecular weight is 496 g/mol. The van der Waals surface area contributed by atoms with E-state index in [2.05, 4.69) is 36.2 Å². The number of nitrogens with zero attached hydrogens (tertiary/aromatic N) is 2. The van der Waals surface area contributed by atoms with E-state index < -0.39 is 33.4 Å². The lowest BCUT2D eigenvalue weighted by Gasteiger charge is -2.31. The van der Waals surface area contributed by atoms with E-state index >= 15 is 0 Å². The smallest absolute Gasteiger partial charge is 0.362 e. The van der Waals surface area contributed by atoms with Gasteiger partial charge < -0.3 is 9.80 Å². The molecule has 1 N–H and O–H groups in total. The van der Waals surface area contributed by atoms with Gasteiger partial charge in [0.05, 0.1) is 6.67 Å². The Bertz CT molecular complexity index is 682. The van der Waals surface area contributed by atoms with Gasteiger partial charge in [-0.2, -0.15) is 47.9 Å². The third-order valence-corrected chi connectivity index (χ3v) is 5.08. The summed E-state index contributed by atoms with van der Waals surface area (Å²) in [7, 11) is -5.04. The van der Waals surface area contributed by atoms with Crippen LogP contribution in [-0.2, 0) is 10.1 Å². The van der Waals surface area contributed by atoms with Crippen LogP contribution in [0.5, 0.6) is 0 Å². The maximum atomic E-state index is 12.2. The maximum absolute atomic E-state index is 12.2. The lowest BCUT2D eigenvalue weighted by atomic mass is 10.1. The fourth-order valence-corrected chi connectivity index (χ4v) is 2.80. The highest BCUT2D eigenvalue weighted by Gasteiger charge is 2.85. The van der Waals surface area contributed by atoms with Crippen molar-refractivity contribution in [2.45, 2.75) is 68.7 Å². The van der Waals surface area contributed by atoms with E-state index in [1.54, 1.807) is 0 Å². The Morgan fingerprint density at radius 2 is 1.32 bits per heavy atom. The van der Waals surface area contributed by atoms with Crippen molar-refractivity contribution in [3.05, 3.63) is 12.4 Å². The first-order chi connectivity index (χ1) is 13.8. The molecule has 1 heterocycles. The Kier molecular flexibility index (Phi) is 10.5. The number of unbranched alkanes of at least 4 members (excludes halogenated alkanes) is 5. The number of halogens is 9. The van der Waals surface area contributed by atoms with Crippen LogP contribution in [0.1, 0.15) is 45.4 Å². The Labute approximate surface area is 174 Å². The summed E-state index contributed by atoms with van der Waals surface area (Å²) < 4.78 is 134. The lowest BCUT2D eigenvalue weighted by Crippen LogP contribution is -2.63. The fourth-order valence-electron chi connectivity index (χ4n) is 2.35. The molecule has 0 unspecified atom stereocenters. The van der Waals surface area contributed by atoms with Crippen LogP contribution in [0.4, 0.5) is 39.5 Å². The van der Waals surface area contributed by atoms with Gasteiger partial charge in [0.15, 0.2) is 0 Å². The van der Waals surface area contributed by atoms with Gasteiger partial charge in [-0.3, -0.25) is 4.55 Å². The first-order valence-electron chi connectivity index (χ1n) is 9.12. The average Bonchev–Trinajstić information content (AvgIpc) is 3.01. The van der Waals surface area contributed by atoms with Gasteiger partial charge in [0.1, 0.15) is 0 Å². The Hall–Kier alpha value is -1.38. The van der Waals surface area contributed by atoms with Crippen LogP contribution in [-0.4, -0.2) is 66.3 Å². The summed E-state index contributed by atoms with van der Waals surface area (Å²) in [4.78, 5) is 4.61. The van der Waals surface area contributed by atoms with E-state index in [9.17, 15) is 47.9 Å². The van der Waals surface area contributed by atoms with Crippen LogP contribution >= 0.6 is 0 Å². The molecule has 0 radical (unpaired) electrons. The molecule has 0 fully saturated rings. The van der Waals surface area contributed by atoms with Gasteiger partial charge in [-0.15, -0.1) is 0 Å². The molecule has 186 valence electrons. The summed E-state index contributed by atoms with van der Waals surface area (Å²) in [5.74, 6) is -14.7. The van der Waals surface area contributed by atoms with Crippen molar-refractivity contribution in [2.24, 2.45) is 0 Å². The Morgan fingerprint density at radius 1 is 0.839 bits per heavy atom. The predicted molar refractivity (Wildman–Crippen MR) is 94.3 cm³/mol. The number of hydrogen-bond acceptors (Lipinski definition) is 4. The first-order valence-corrected chi connectivity index (χ1v) is 10.6. The van der Waals surface area contributed by atoms with E-state index in [0.29, 0.717) is 0 Å². The Balaban J connectivity index is 0.000000590. The molecule has 0 saturated carbocycles. The Morgan fingerprint density at radius 3 is 1.71 bits per heavy atom. The van der Waals surface area contributed by atoms with Crippen LogP contribution in [0.2, 0.25) is 0 Å². The van der Waals surface area contributed by atoms with Crippen LogP contribution in [0.3, 0.4) is 0 Å². The fraction of sp³-hybridized carbons (Fsp3) is 0.875. The SMILES string of the molecule is CCCCCCCCN1C=CN(C)C1.O=S(=O)(O)C(F)(F)C(F)(F)C(F)(F)C(F)(F)F. The van der Waals surface area contributed by atoms with E-state index in [0.717, 1.165) is 6.67 Å². The highest BCUT2D eigenvalue weighted by atomic mass is 32.2. The van der Waals surface area contributed by atoms with Gasteiger partial charge in [-0.1, -0.05) is 39.0 Å². The molecule has 0 spiro atoms. The number of rotatable bonds is 10. The third-order valence-electron chi connectivity index (χ3n) is 4.18. The zero-order valence-corrected chi connectivity index (χ0v) is 17.6. The van der Waals surface area contributed by atoms with E-state index in [4.69, 9.17) is 4.55 Å². The molecule has 31 heavy (non-hydrogen) atoms. The van der Waals surface area contributed by atoms with Crippen molar-refractivity contribution in [1.29, 1.82) is 0 Å². The van der Waals surface area contributed by atoms with Crippen LogP contribution in [0.25, 0.3) is 0 Å². The molecule has 15 heteroatoms. The third kappa shape index (κ3) is 7.61. The molecule has 1 aliphatic rings. The summed E-state index contributed by atoms with van der Waals surface area (Å²) in [6.07, 6.45) is 5.56. The van der Waals surface area contributed by atoms with Gasteiger partial charge in [-0.25, -0.2) is 0 Å². The first kappa shape index (κ1) is 29.6. The van der Waals surface area contributed by atoms with Crippen molar-refractivity contribution in [3.8, 4) is 0 Å². The van der Waals surface area contributed by atoms with Crippen molar-refractivity contribution in [1.82, 2.24) is 9.80 Å². The second kappa shape index (κ2) is 11.0. The molecule has 5 nitrogen and oxygen atoms in total. The van der Waals surface area contributed by atoms with Crippen molar-refractivity contribution < 1.29 is 52.5 Å². The van der Waals surface area contributed by atoms with Gasteiger partial charge in [-0.05, 0) is 6.42 Å². The van der Waals surface area contributed by atoms with Crippen LogP contribution in [0.15, 0.2) is 12.4 Å². The van der Waals surface area contributed by atoms with Gasteiger partial charge in [0.25, 0.3) is 0 Å². The van der Waals surface area contributed by atoms with Gasteiger partial charge in [0, 0.05) is 26.0 Å². The molecule has 0 saturated heterocycles. The number of alkyl halides is 9. The topological polar surface area (TPSA) is 60.9 Å². The summed E-state index contributed by atoms with van der Waals surface area (Å²) >= 11 is 0. The molecule has 0 atom stereocenters. The quantitative estimate of drug-likeness (QED) is 0.252. The summed E-state index contributed by atoms with van der Waals surface area (Å²) in [5, 5.41) is -7.00. The second-order valence-electron chi connectivity index (χ2n) is 6.92. The minimum atomic E-state index is -7.37. The van der Waals surface area contributed by atoms with Crippen molar-refractivity contribution in [2.75, 3.05) is 20.3 Å². The molecule has 0 amide bonds. The van der Waals surface area contributed by atoms with Gasteiger partial charge >= 0.3 is 33.4 Å². The molecule has 0 aromatic rings. The molecule has 0 aromatic carbocycles. The zero-order valence-electron chi connectivity index (χ0n) is 16.8. The lowest BCUT2D eigenvalue weighted by molar-refractivity contribution is -0.382. The molecule has 0 aromatic heterocycles. The monoisotopic (exact) mass is 496 g/mol. The molecule has 0 bridgehead atoms. The normalized spacial score (nSPS) is 15.9. The van der Waals surface area contributed by atoms with Crippen molar-refractivity contribution >= 4 is 10.1 Å². The maximum Gasteiger partial charge on any atom is 0.460 e. The minimum absolute atomic E-state index is 1.08. The van der Waals surface area contributed by atoms with Crippen molar-refractivity contribution in [3.63, 3.8) is 0 Å². The molecule has 1 aliphatic heterocycles. The summed E-state index contributed by atoms with van der Waals surface area (Å²) in [6.45, 7) is 4.58. The zero-order chi connectivity index (χ0) is 24.7. The predicted octanol–water partition coefficient (Wildman–Crippen LogP) is 5.32. The summed E-state index contributed by atoms with van der Waals surface area (Å²) in [5.41, 5.74) is 0. The molecule has 1 rings (SSSR count). The molecule has 0 aliphatic carbocycles. The molecular formula is C16H25F9N2O3S. The summed E-state index contributed by atoms with van der Waals surface area (Å²) in [6, 6.07) is 0. The van der Waals surface area contributed by atoms with Crippen LogP contribution < -0.4 is 0 Å². The van der Waals surface area contributed by atoms with E-state index in [-0.39, 0.29) is 0 Å². The van der Waals surface area contributed by atoms with Crippen LogP contribution in [0, 0.1) is 0 Å². The highest BCUT2D eigenvalue weighted by molar-refractivity contribution is 7.87. The highest BCUT2D eigenvalue weighted by Crippen LogP contribution is 2.54. The minimum Gasteiger partial charge on any atom is -0.362 e. The van der Waals surface area contributed by atoms with E-state index in [1.165, 1.54) is 45.1 Å². The molecular weight excluding hydrogens is 471 g/mol. The van der Waals surface area contributed by atoms with E-state index in [1.807, 2.05) is 0 Å². The largest absolute Gasteiger partial charge is 0.460 e.